The van der Waals surface area contributed by atoms with Crippen molar-refractivity contribution in [3.63, 3.8) is 0 Å². The van der Waals surface area contributed by atoms with Gasteiger partial charge in [0.15, 0.2) is 0 Å². The molecule has 1 saturated heterocycles. The smallest absolute Gasteiger partial charge is 0.133 e. The molecule has 0 bridgehead atoms. The number of benzene rings is 1. The van der Waals surface area contributed by atoms with Crippen LogP contribution in [0.1, 0.15) is 6.42 Å². The summed E-state index contributed by atoms with van der Waals surface area (Å²) in [5, 5.41) is 3.97. The highest BCUT2D eigenvalue weighted by atomic mass is 79.9. The normalized spacial score (nSPS) is 16.1. The van der Waals surface area contributed by atoms with E-state index in [9.17, 15) is 0 Å². The van der Waals surface area contributed by atoms with Gasteiger partial charge in [0.25, 0.3) is 0 Å². The van der Waals surface area contributed by atoms with E-state index in [2.05, 4.69) is 21.2 Å². The van der Waals surface area contributed by atoms with Gasteiger partial charge in [-0.25, -0.2) is 0 Å². The highest BCUT2D eigenvalue weighted by Crippen LogP contribution is 2.28. The summed E-state index contributed by atoms with van der Waals surface area (Å²) in [5.74, 6) is 1.66. The SMILES string of the molecule is Clc1ccc(OCCC2CNC2)c(Br)c1. The summed E-state index contributed by atoms with van der Waals surface area (Å²) < 4.78 is 6.58. The number of hydrogen-bond donors (Lipinski definition) is 1. The Morgan fingerprint density at radius 1 is 1.47 bits per heavy atom. The number of hydrogen-bond acceptors (Lipinski definition) is 2. The van der Waals surface area contributed by atoms with Crippen LogP contribution in [0.25, 0.3) is 0 Å². The van der Waals surface area contributed by atoms with Crippen LogP contribution in [0.2, 0.25) is 5.02 Å². The molecule has 1 aliphatic rings. The van der Waals surface area contributed by atoms with Crippen LogP contribution in [0, 0.1) is 5.92 Å². The molecule has 0 atom stereocenters. The van der Waals surface area contributed by atoms with E-state index < -0.39 is 0 Å². The van der Waals surface area contributed by atoms with E-state index in [0.717, 1.165) is 47.3 Å². The Kier molecular flexibility index (Phi) is 3.89. The minimum atomic E-state index is 0.720. The summed E-state index contributed by atoms with van der Waals surface area (Å²) in [4.78, 5) is 0. The van der Waals surface area contributed by atoms with E-state index in [1.807, 2.05) is 18.2 Å². The van der Waals surface area contributed by atoms with Crippen molar-refractivity contribution in [1.82, 2.24) is 5.32 Å². The molecule has 2 rings (SSSR count). The molecule has 1 fully saturated rings. The van der Waals surface area contributed by atoms with E-state index in [0.29, 0.717) is 0 Å². The first-order valence-electron chi connectivity index (χ1n) is 5.04. The molecule has 1 aliphatic heterocycles. The Hall–Kier alpha value is -0.250. The van der Waals surface area contributed by atoms with E-state index in [4.69, 9.17) is 16.3 Å². The first kappa shape index (κ1) is 11.2. The fraction of sp³-hybridized carbons (Fsp3) is 0.455. The lowest BCUT2D eigenvalue weighted by atomic mass is 10.0. The molecule has 0 aromatic heterocycles. The van der Waals surface area contributed by atoms with Gasteiger partial charge < -0.3 is 10.1 Å². The first-order valence-corrected chi connectivity index (χ1v) is 6.21. The van der Waals surface area contributed by atoms with Gasteiger partial charge in [-0.15, -0.1) is 0 Å². The fourth-order valence-electron chi connectivity index (χ4n) is 1.48. The van der Waals surface area contributed by atoms with Gasteiger partial charge in [0.05, 0.1) is 11.1 Å². The third-order valence-corrected chi connectivity index (χ3v) is 3.40. The molecule has 15 heavy (non-hydrogen) atoms. The average Bonchev–Trinajstić information content (AvgIpc) is 2.12. The van der Waals surface area contributed by atoms with E-state index >= 15 is 0 Å². The lowest BCUT2D eigenvalue weighted by Crippen LogP contribution is -2.42. The van der Waals surface area contributed by atoms with Gasteiger partial charge in [0.1, 0.15) is 5.75 Å². The molecule has 1 N–H and O–H groups in total. The Labute approximate surface area is 103 Å². The molecule has 0 saturated carbocycles. The summed E-state index contributed by atoms with van der Waals surface area (Å²) >= 11 is 9.26. The maximum absolute atomic E-state index is 5.84. The van der Waals surface area contributed by atoms with E-state index in [1.165, 1.54) is 0 Å². The maximum Gasteiger partial charge on any atom is 0.133 e. The zero-order chi connectivity index (χ0) is 10.7. The van der Waals surface area contributed by atoms with Gasteiger partial charge >= 0.3 is 0 Å². The highest BCUT2D eigenvalue weighted by Gasteiger charge is 2.16. The number of nitrogens with one attached hydrogen (secondary N) is 1. The van der Waals surface area contributed by atoms with Crippen molar-refractivity contribution in [3.8, 4) is 5.75 Å². The lowest BCUT2D eigenvalue weighted by Gasteiger charge is -2.26. The second-order valence-corrected chi connectivity index (χ2v) is 5.03. The number of rotatable bonds is 4. The second-order valence-electron chi connectivity index (χ2n) is 3.74. The molecule has 1 aromatic carbocycles. The zero-order valence-corrected chi connectivity index (χ0v) is 10.6. The predicted molar refractivity (Wildman–Crippen MR) is 65.6 cm³/mol. The molecule has 82 valence electrons. The van der Waals surface area contributed by atoms with E-state index in [-0.39, 0.29) is 0 Å². The Morgan fingerprint density at radius 2 is 2.27 bits per heavy atom. The molecule has 0 spiro atoms. The fourth-order valence-corrected chi connectivity index (χ4v) is 2.28. The van der Waals surface area contributed by atoms with Crippen molar-refractivity contribution < 1.29 is 4.74 Å². The molecule has 1 aromatic rings. The van der Waals surface area contributed by atoms with Crippen molar-refractivity contribution in [2.24, 2.45) is 5.92 Å². The molecule has 1 heterocycles. The largest absolute Gasteiger partial charge is 0.492 e. The molecule has 0 radical (unpaired) electrons. The summed E-state index contributed by atoms with van der Waals surface area (Å²) in [6.45, 7) is 3.03. The second kappa shape index (κ2) is 5.19. The van der Waals surface area contributed by atoms with Gasteiger partial charge in [0, 0.05) is 5.02 Å². The molecular weight excluding hydrogens is 277 g/mol. The van der Waals surface area contributed by atoms with Crippen LogP contribution in [0.15, 0.2) is 22.7 Å². The minimum Gasteiger partial charge on any atom is -0.492 e. The molecule has 2 nitrogen and oxygen atoms in total. The van der Waals surface area contributed by atoms with Crippen LogP contribution in [0.4, 0.5) is 0 Å². The molecule has 0 amide bonds. The van der Waals surface area contributed by atoms with Crippen LogP contribution in [-0.4, -0.2) is 19.7 Å². The van der Waals surface area contributed by atoms with Gasteiger partial charge in [0.2, 0.25) is 0 Å². The average molecular weight is 291 g/mol. The third kappa shape index (κ3) is 3.10. The Balaban J connectivity index is 1.81. The van der Waals surface area contributed by atoms with Crippen LogP contribution in [-0.2, 0) is 0 Å². The quantitative estimate of drug-likeness (QED) is 0.920. The van der Waals surface area contributed by atoms with Crippen LogP contribution >= 0.6 is 27.5 Å². The summed E-state index contributed by atoms with van der Waals surface area (Å²) in [5.41, 5.74) is 0. The van der Waals surface area contributed by atoms with Crippen LogP contribution in [0.3, 0.4) is 0 Å². The Morgan fingerprint density at radius 3 is 2.87 bits per heavy atom. The van der Waals surface area contributed by atoms with Gasteiger partial charge in [-0.2, -0.15) is 0 Å². The third-order valence-electron chi connectivity index (χ3n) is 2.54. The molecular formula is C11H13BrClNO. The van der Waals surface area contributed by atoms with Crippen molar-refractivity contribution in [3.05, 3.63) is 27.7 Å². The van der Waals surface area contributed by atoms with Gasteiger partial charge in [-0.3, -0.25) is 0 Å². The van der Waals surface area contributed by atoms with Gasteiger partial charge in [-0.1, -0.05) is 11.6 Å². The predicted octanol–water partition coefficient (Wildman–Crippen LogP) is 3.09. The highest BCUT2D eigenvalue weighted by molar-refractivity contribution is 9.10. The monoisotopic (exact) mass is 289 g/mol. The Bertz CT molecular complexity index is 341. The summed E-state index contributed by atoms with van der Waals surface area (Å²) in [6, 6.07) is 5.58. The standard InChI is InChI=1S/C11H13BrClNO/c12-10-5-9(13)1-2-11(10)15-4-3-8-6-14-7-8/h1-2,5,8,14H,3-4,6-7H2. The molecule has 4 heteroatoms. The summed E-state index contributed by atoms with van der Waals surface area (Å²) in [7, 11) is 0. The van der Waals surface area contributed by atoms with Crippen molar-refractivity contribution in [2.75, 3.05) is 19.7 Å². The van der Waals surface area contributed by atoms with Crippen LogP contribution < -0.4 is 10.1 Å². The number of halogens is 2. The van der Waals surface area contributed by atoms with Crippen molar-refractivity contribution in [1.29, 1.82) is 0 Å². The van der Waals surface area contributed by atoms with Gasteiger partial charge in [-0.05, 0) is 59.6 Å². The van der Waals surface area contributed by atoms with Crippen molar-refractivity contribution in [2.45, 2.75) is 6.42 Å². The van der Waals surface area contributed by atoms with E-state index in [1.54, 1.807) is 0 Å². The molecule has 0 aliphatic carbocycles. The first-order chi connectivity index (χ1) is 7.25. The molecule has 0 unspecified atom stereocenters. The van der Waals surface area contributed by atoms with Crippen LogP contribution in [0.5, 0.6) is 5.75 Å². The van der Waals surface area contributed by atoms with Crippen molar-refractivity contribution >= 4 is 27.5 Å². The zero-order valence-electron chi connectivity index (χ0n) is 8.30. The lowest BCUT2D eigenvalue weighted by molar-refractivity contribution is 0.237. The topological polar surface area (TPSA) is 21.3 Å². The summed E-state index contributed by atoms with van der Waals surface area (Å²) in [6.07, 6.45) is 1.11. The number of ether oxygens (including phenoxy) is 1. The maximum atomic E-state index is 5.84. The minimum absolute atomic E-state index is 0.720.